The van der Waals surface area contributed by atoms with E-state index in [0.717, 1.165) is 32.6 Å². The van der Waals surface area contributed by atoms with Gasteiger partial charge in [-0.3, -0.25) is 4.79 Å². The van der Waals surface area contributed by atoms with Crippen LogP contribution in [0, 0.1) is 13.8 Å². The van der Waals surface area contributed by atoms with E-state index in [1.54, 1.807) is 0 Å². The summed E-state index contributed by atoms with van der Waals surface area (Å²) in [5.41, 5.74) is 11.6. The number of para-hydroxylation sites is 1. The number of aryl methyl sites for hydroxylation is 2. The molecule has 0 radical (unpaired) electrons. The van der Waals surface area contributed by atoms with Crippen LogP contribution in [0.25, 0.3) is 0 Å². The van der Waals surface area contributed by atoms with Gasteiger partial charge in [-0.2, -0.15) is 0 Å². The van der Waals surface area contributed by atoms with Crippen molar-refractivity contribution in [1.29, 1.82) is 0 Å². The fourth-order valence-corrected chi connectivity index (χ4v) is 4.10. The molecule has 4 rings (SSSR count). The van der Waals surface area contributed by atoms with Gasteiger partial charge in [0.05, 0.1) is 0 Å². The molecule has 0 aromatic heterocycles. The molecule has 2 unspecified atom stereocenters. The smallest absolute Gasteiger partial charge is 0.241 e. The van der Waals surface area contributed by atoms with E-state index in [2.05, 4.69) is 72.1 Å². The van der Waals surface area contributed by atoms with Crippen LogP contribution in [0.2, 0.25) is 0 Å². The quantitative estimate of drug-likeness (QED) is 0.879. The van der Waals surface area contributed by atoms with Gasteiger partial charge in [-0.15, -0.1) is 0 Å². The first kappa shape index (κ1) is 18.0. The zero-order chi connectivity index (χ0) is 18.8. The van der Waals surface area contributed by atoms with Gasteiger partial charge in [0.25, 0.3) is 0 Å². The Kier molecular flexibility index (Phi) is 5.14. The maximum absolute atomic E-state index is 13.0. The summed E-state index contributed by atoms with van der Waals surface area (Å²) in [6, 6.07) is 17.0. The summed E-state index contributed by atoms with van der Waals surface area (Å²) >= 11 is 0. The zero-order valence-electron chi connectivity index (χ0n) is 16.1. The lowest BCUT2D eigenvalue weighted by molar-refractivity contribution is -0.133. The van der Waals surface area contributed by atoms with Gasteiger partial charge in [0.2, 0.25) is 5.91 Å². The number of amides is 1. The van der Waals surface area contributed by atoms with E-state index < -0.39 is 0 Å². The second-order valence-corrected chi connectivity index (χ2v) is 7.64. The van der Waals surface area contributed by atoms with Crippen molar-refractivity contribution < 1.29 is 4.79 Å². The minimum atomic E-state index is -0.154. The molecule has 0 aliphatic carbocycles. The molecule has 27 heavy (non-hydrogen) atoms. The van der Waals surface area contributed by atoms with Crippen molar-refractivity contribution in [2.45, 2.75) is 32.4 Å². The van der Waals surface area contributed by atoms with E-state index in [-0.39, 0.29) is 18.0 Å². The number of piperazine rings is 1. The molecule has 0 spiro atoms. The molecular formula is C22H28N4O. The first-order valence-electron chi connectivity index (χ1n) is 9.79. The van der Waals surface area contributed by atoms with Crippen molar-refractivity contribution in [3.63, 3.8) is 0 Å². The number of nitrogens with one attached hydrogen (secondary N) is 2. The lowest BCUT2D eigenvalue weighted by Gasteiger charge is -2.37. The standard InChI is InChI=1S/C22H28N4O/c1-16-8-9-17(2)19(14-16)20-15-21(24-23-20)22(27)26-12-10-25(11-13-26)18-6-4-3-5-7-18/h3-9,14,20-21,23-24H,10-13,15H2,1-2H3. The van der Waals surface area contributed by atoms with E-state index in [0.29, 0.717) is 0 Å². The van der Waals surface area contributed by atoms with Gasteiger partial charge in [-0.05, 0) is 43.5 Å². The number of benzene rings is 2. The number of rotatable bonds is 3. The zero-order valence-corrected chi connectivity index (χ0v) is 16.1. The fourth-order valence-electron chi connectivity index (χ4n) is 4.10. The maximum atomic E-state index is 13.0. The molecule has 5 nitrogen and oxygen atoms in total. The van der Waals surface area contributed by atoms with E-state index in [9.17, 15) is 4.79 Å². The van der Waals surface area contributed by atoms with Crippen LogP contribution in [-0.4, -0.2) is 43.0 Å². The Morgan fingerprint density at radius 2 is 1.70 bits per heavy atom. The molecule has 2 aromatic carbocycles. The highest BCUT2D eigenvalue weighted by atomic mass is 16.2. The minimum Gasteiger partial charge on any atom is -0.368 e. The Bertz CT molecular complexity index is 799. The first-order chi connectivity index (χ1) is 13.1. The number of hydrogen-bond donors (Lipinski definition) is 2. The lowest BCUT2D eigenvalue weighted by Crippen LogP contribution is -2.53. The van der Waals surface area contributed by atoms with E-state index in [1.165, 1.54) is 22.4 Å². The van der Waals surface area contributed by atoms with Crippen LogP contribution in [0.5, 0.6) is 0 Å². The molecule has 2 aromatic rings. The predicted octanol–water partition coefficient (Wildman–Crippen LogP) is 2.56. The van der Waals surface area contributed by atoms with Gasteiger partial charge in [0.15, 0.2) is 0 Å². The molecule has 2 heterocycles. The average Bonchev–Trinajstić information content (AvgIpc) is 3.20. The van der Waals surface area contributed by atoms with Crippen molar-refractivity contribution in [2.24, 2.45) is 0 Å². The third-order valence-electron chi connectivity index (χ3n) is 5.72. The summed E-state index contributed by atoms with van der Waals surface area (Å²) in [5, 5.41) is 0. The molecule has 2 N–H and O–H groups in total. The van der Waals surface area contributed by atoms with E-state index >= 15 is 0 Å². The van der Waals surface area contributed by atoms with Crippen molar-refractivity contribution in [3.8, 4) is 0 Å². The highest BCUT2D eigenvalue weighted by molar-refractivity contribution is 5.82. The normalized spacial score (nSPS) is 22.9. The Morgan fingerprint density at radius 1 is 0.963 bits per heavy atom. The number of hydrogen-bond acceptors (Lipinski definition) is 4. The summed E-state index contributed by atoms with van der Waals surface area (Å²) < 4.78 is 0. The predicted molar refractivity (Wildman–Crippen MR) is 109 cm³/mol. The van der Waals surface area contributed by atoms with Crippen LogP contribution in [0.3, 0.4) is 0 Å². The van der Waals surface area contributed by atoms with Crippen molar-refractivity contribution in [2.75, 3.05) is 31.1 Å². The molecule has 142 valence electrons. The van der Waals surface area contributed by atoms with Crippen LogP contribution < -0.4 is 15.8 Å². The summed E-state index contributed by atoms with van der Waals surface area (Å²) in [7, 11) is 0. The highest BCUT2D eigenvalue weighted by Gasteiger charge is 2.34. The molecule has 1 amide bonds. The van der Waals surface area contributed by atoms with Crippen LogP contribution in [-0.2, 0) is 4.79 Å². The Morgan fingerprint density at radius 3 is 2.44 bits per heavy atom. The monoisotopic (exact) mass is 364 g/mol. The number of nitrogens with zero attached hydrogens (tertiary/aromatic N) is 2. The SMILES string of the molecule is Cc1ccc(C)c(C2CC(C(=O)N3CCN(c4ccccc4)CC3)NN2)c1. The molecule has 2 aliphatic rings. The maximum Gasteiger partial charge on any atom is 0.241 e. The average molecular weight is 364 g/mol. The summed E-state index contributed by atoms with van der Waals surface area (Å²) in [6.07, 6.45) is 0.794. The molecule has 2 saturated heterocycles. The molecule has 2 atom stereocenters. The van der Waals surface area contributed by atoms with Gasteiger partial charge < -0.3 is 9.80 Å². The van der Waals surface area contributed by atoms with Crippen molar-refractivity contribution in [3.05, 3.63) is 65.2 Å². The molecule has 2 fully saturated rings. The van der Waals surface area contributed by atoms with Gasteiger partial charge in [0.1, 0.15) is 6.04 Å². The number of carbonyl (C=O) groups is 1. The van der Waals surface area contributed by atoms with E-state index in [1.807, 2.05) is 11.0 Å². The molecule has 0 bridgehead atoms. The summed E-state index contributed by atoms with van der Waals surface area (Å²) in [5.74, 6) is 0.211. The van der Waals surface area contributed by atoms with Crippen LogP contribution >= 0.6 is 0 Å². The van der Waals surface area contributed by atoms with Gasteiger partial charge in [-0.1, -0.05) is 42.0 Å². The van der Waals surface area contributed by atoms with Crippen LogP contribution in [0.15, 0.2) is 48.5 Å². The van der Waals surface area contributed by atoms with Crippen LogP contribution in [0.1, 0.15) is 29.2 Å². The molecule has 5 heteroatoms. The number of hydrazine groups is 1. The Balaban J connectivity index is 1.35. The van der Waals surface area contributed by atoms with Crippen molar-refractivity contribution >= 4 is 11.6 Å². The number of anilines is 1. The van der Waals surface area contributed by atoms with E-state index in [4.69, 9.17) is 0 Å². The van der Waals surface area contributed by atoms with Crippen molar-refractivity contribution in [1.82, 2.24) is 15.8 Å². The second kappa shape index (κ2) is 7.71. The highest BCUT2D eigenvalue weighted by Crippen LogP contribution is 2.27. The third kappa shape index (κ3) is 3.84. The summed E-state index contributed by atoms with van der Waals surface area (Å²) in [6.45, 7) is 7.57. The van der Waals surface area contributed by atoms with Gasteiger partial charge >= 0.3 is 0 Å². The van der Waals surface area contributed by atoms with Gasteiger partial charge in [-0.25, -0.2) is 10.9 Å². The Hall–Kier alpha value is -2.37. The Labute approximate surface area is 161 Å². The van der Waals surface area contributed by atoms with Gasteiger partial charge in [0, 0.05) is 37.9 Å². The third-order valence-corrected chi connectivity index (χ3v) is 5.72. The lowest BCUT2D eigenvalue weighted by atomic mass is 9.95. The minimum absolute atomic E-state index is 0.154. The first-order valence-corrected chi connectivity index (χ1v) is 9.79. The largest absolute Gasteiger partial charge is 0.368 e. The van der Waals surface area contributed by atoms with Crippen LogP contribution in [0.4, 0.5) is 5.69 Å². The summed E-state index contributed by atoms with van der Waals surface area (Å²) in [4.78, 5) is 17.3. The molecular weight excluding hydrogens is 336 g/mol. The molecule has 2 aliphatic heterocycles. The molecule has 0 saturated carbocycles. The number of carbonyl (C=O) groups excluding carboxylic acids is 1. The topological polar surface area (TPSA) is 47.6 Å². The second-order valence-electron chi connectivity index (χ2n) is 7.64. The fraction of sp³-hybridized carbons (Fsp3) is 0.409.